The Morgan fingerprint density at radius 3 is 2.77 bits per heavy atom. The lowest BCUT2D eigenvalue weighted by atomic mass is 10.1. The zero-order valence-corrected chi connectivity index (χ0v) is 17.8. The molecule has 31 heavy (non-hydrogen) atoms. The van der Waals surface area contributed by atoms with E-state index in [1.165, 1.54) is 12.1 Å². The minimum Gasteiger partial charge on any atom is -0.493 e. The van der Waals surface area contributed by atoms with Crippen molar-refractivity contribution in [1.29, 1.82) is 0 Å². The second-order valence-electron chi connectivity index (χ2n) is 7.36. The topological polar surface area (TPSA) is 79.9 Å². The zero-order valence-electron chi connectivity index (χ0n) is 17.8. The summed E-state index contributed by atoms with van der Waals surface area (Å²) in [4.78, 5) is 27.0. The van der Waals surface area contributed by atoms with Crippen molar-refractivity contribution in [3.05, 3.63) is 59.4 Å². The number of rotatable bonds is 9. The van der Waals surface area contributed by atoms with E-state index in [1.54, 1.807) is 20.3 Å². The molecule has 1 fully saturated rings. The highest BCUT2D eigenvalue weighted by molar-refractivity contribution is 5.88. The Morgan fingerprint density at radius 1 is 1.23 bits per heavy atom. The lowest BCUT2D eigenvalue weighted by Crippen LogP contribution is -2.56. The standard InChI is InChI=1S/C23H28FN3O4/c1-30-20-8-4-6-17(22(20)31-2)15-27-12-11-26-23(29)19(27)14-21(28)25-10-9-16-5-3-7-18(24)13-16/h3-8,13,19H,9-12,14-15H2,1-2H3,(H,25,28)(H,26,29). The first-order valence-electron chi connectivity index (χ1n) is 10.2. The number of nitrogens with one attached hydrogen (secondary N) is 2. The minimum absolute atomic E-state index is 0.0429. The van der Waals surface area contributed by atoms with E-state index in [1.807, 2.05) is 29.2 Å². The Kier molecular flexibility index (Phi) is 7.83. The van der Waals surface area contributed by atoms with Crippen molar-refractivity contribution in [1.82, 2.24) is 15.5 Å². The molecule has 1 aliphatic heterocycles. The molecule has 166 valence electrons. The molecule has 1 heterocycles. The van der Waals surface area contributed by atoms with Gasteiger partial charge in [0.05, 0.1) is 26.7 Å². The number of piperazine rings is 1. The van der Waals surface area contributed by atoms with Crippen LogP contribution in [0.15, 0.2) is 42.5 Å². The number of carbonyl (C=O) groups is 2. The number of amides is 2. The molecule has 0 saturated carbocycles. The Hall–Kier alpha value is -3.13. The molecule has 2 aromatic rings. The zero-order chi connectivity index (χ0) is 22.2. The van der Waals surface area contributed by atoms with E-state index in [2.05, 4.69) is 10.6 Å². The summed E-state index contributed by atoms with van der Waals surface area (Å²) in [5.41, 5.74) is 1.69. The molecule has 0 bridgehead atoms. The lowest BCUT2D eigenvalue weighted by Gasteiger charge is -2.35. The van der Waals surface area contributed by atoms with Crippen molar-refractivity contribution < 1.29 is 23.5 Å². The van der Waals surface area contributed by atoms with Crippen molar-refractivity contribution in [2.75, 3.05) is 33.9 Å². The smallest absolute Gasteiger partial charge is 0.237 e. The minimum atomic E-state index is -0.584. The van der Waals surface area contributed by atoms with Crippen LogP contribution in [0.25, 0.3) is 0 Å². The quantitative estimate of drug-likeness (QED) is 0.637. The first-order chi connectivity index (χ1) is 15.0. The van der Waals surface area contributed by atoms with Crippen molar-refractivity contribution in [2.24, 2.45) is 0 Å². The summed E-state index contributed by atoms with van der Waals surface area (Å²) in [6, 6.07) is 11.3. The van der Waals surface area contributed by atoms with Gasteiger partial charge in [-0.2, -0.15) is 0 Å². The molecule has 1 saturated heterocycles. The Morgan fingerprint density at radius 2 is 2.03 bits per heavy atom. The fourth-order valence-electron chi connectivity index (χ4n) is 3.76. The SMILES string of the molecule is COc1cccc(CN2CCNC(=O)C2CC(=O)NCCc2cccc(F)c2)c1OC. The summed E-state index contributed by atoms with van der Waals surface area (Å²) < 4.78 is 24.1. The molecule has 1 atom stereocenters. The van der Waals surface area contributed by atoms with Crippen LogP contribution in [-0.2, 0) is 22.6 Å². The second kappa shape index (κ2) is 10.8. The van der Waals surface area contributed by atoms with Gasteiger partial charge < -0.3 is 20.1 Å². The van der Waals surface area contributed by atoms with Gasteiger partial charge >= 0.3 is 0 Å². The van der Waals surface area contributed by atoms with E-state index in [4.69, 9.17) is 9.47 Å². The number of halogens is 1. The number of hydrogen-bond acceptors (Lipinski definition) is 5. The largest absolute Gasteiger partial charge is 0.493 e. The van der Waals surface area contributed by atoms with E-state index in [0.29, 0.717) is 44.1 Å². The molecule has 3 rings (SSSR count). The number of carbonyl (C=O) groups excluding carboxylic acids is 2. The van der Waals surface area contributed by atoms with Gasteiger partial charge in [0.25, 0.3) is 0 Å². The molecule has 0 radical (unpaired) electrons. The fraction of sp³-hybridized carbons (Fsp3) is 0.391. The van der Waals surface area contributed by atoms with Crippen LogP contribution < -0.4 is 20.1 Å². The molecule has 2 aromatic carbocycles. The molecule has 8 heteroatoms. The van der Waals surface area contributed by atoms with Crippen LogP contribution in [-0.4, -0.2) is 56.6 Å². The Labute approximate surface area is 181 Å². The maximum Gasteiger partial charge on any atom is 0.237 e. The van der Waals surface area contributed by atoms with E-state index in [0.717, 1.165) is 11.1 Å². The first-order valence-corrected chi connectivity index (χ1v) is 10.2. The van der Waals surface area contributed by atoms with Gasteiger partial charge in [0.1, 0.15) is 5.82 Å². The van der Waals surface area contributed by atoms with Crippen molar-refractivity contribution in [3.8, 4) is 11.5 Å². The maximum absolute atomic E-state index is 13.3. The molecule has 2 N–H and O–H groups in total. The van der Waals surface area contributed by atoms with Crippen LogP contribution >= 0.6 is 0 Å². The maximum atomic E-state index is 13.3. The third-order valence-electron chi connectivity index (χ3n) is 5.30. The van der Waals surface area contributed by atoms with Crippen LogP contribution in [0.5, 0.6) is 11.5 Å². The van der Waals surface area contributed by atoms with E-state index < -0.39 is 6.04 Å². The predicted octanol–water partition coefficient (Wildman–Crippen LogP) is 1.89. The number of methoxy groups -OCH3 is 2. The first kappa shape index (κ1) is 22.6. The molecule has 0 spiro atoms. The second-order valence-corrected chi connectivity index (χ2v) is 7.36. The van der Waals surface area contributed by atoms with Crippen LogP contribution in [0.2, 0.25) is 0 Å². The number of hydrogen-bond donors (Lipinski definition) is 2. The average molecular weight is 429 g/mol. The van der Waals surface area contributed by atoms with Gasteiger partial charge in [-0.3, -0.25) is 14.5 Å². The van der Waals surface area contributed by atoms with Gasteiger partial charge in [-0.05, 0) is 30.2 Å². The van der Waals surface area contributed by atoms with Crippen LogP contribution in [0.3, 0.4) is 0 Å². The summed E-state index contributed by atoms with van der Waals surface area (Å²) in [7, 11) is 3.15. The van der Waals surface area contributed by atoms with Crippen LogP contribution in [0.1, 0.15) is 17.5 Å². The number of para-hydroxylation sites is 1. The third-order valence-corrected chi connectivity index (χ3v) is 5.30. The molecule has 1 unspecified atom stereocenters. The average Bonchev–Trinajstić information content (AvgIpc) is 2.76. The summed E-state index contributed by atoms with van der Waals surface area (Å²) in [6.07, 6.45) is 0.562. The molecular formula is C23H28FN3O4. The third kappa shape index (κ3) is 5.95. The fourth-order valence-corrected chi connectivity index (χ4v) is 3.76. The summed E-state index contributed by atoms with van der Waals surface area (Å²) >= 11 is 0. The normalized spacial score (nSPS) is 16.5. The van der Waals surface area contributed by atoms with Gasteiger partial charge in [-0.1, -0.05) is 24.3 Å². The van der Waals surface area contributed by atoms with Crippen LogP contribution in [0, 0.1) is 5.82 Å². The van der Waals surface area contributed by atoms with Gasteiger partial charge in [0.2, 0.25) is 11.8 Å². The number of benzene rings is 2. The van der Waals surface area contributed by atoms with Crippen LogP contribution in [0.4, 0.5) is 4.39 Å². The molecule has 1 aliphatic rings. The van der Waals surface area contributed by atoms with Gasteiger partial charge in [0, 0.05) is 31.7 Å². The van der Waals surface area contributed by atoms with E-state index >= 15 is 0 Å². The van der Waals surface area contributed by atoms with E-state index in [-0.39, 0.29) is 24.1 Å². The highest BCUT2D eigenvalue weighted by atomic mass is 19.1. The molecule has 0 aromatic heterocycles. The molecular weight excluding hydrogens is 401 g/mol. The molecule has 2 amide bonds. The molecule has 7 nitrogen and oxygen atoms in total. The summed E-state index contributed by atoms with van der Waals surface area (Å²) in [6.45, 7) is 1.96. The monoisotopic (exact) mass is 429 g/mol. The van der Waals surface area contributed by atoms with Crippen molar-refractivity contribution in [3.63, 3.8) is 0 Å². The molecule has 0 aliphatic carbocycles. The van der Waals surface area contributed by atoms with E-state index in [9.17, 15) is 14.0 Å². The highest BCUT2D eigenvalue weighted by Gasteiger charge is 2.32. The number of nitrogens with zero attached hydrogens (tertiary/aromatic N) is 1. The Balaban J connectivity index is 1.61. The lowest BCUT2D eigenvalue weighted by molar-refractivity contribution is -0.134. The summed E-state index contributed by atoms with van der Waals surface area (Å²) in [5.74, 6) is 0.545. The van der Waals surface area contributed by atoms with Gasteiger partial charge in [-0.15, -0.1) is 0 Å². The highest BCUT2D eigenvalue weighted by Crippen LogP contribution is 2.32. The van der Waals surface area contributed by atoms with Gasteiger partial charge in [0.15, 0.2) is 11.5 Å². The van der Waals surface area contributed by atoms with Crippen molar-refractivity contribution >= 4 is 11.8 Å². The number of ether oxygens (including phenoxy) is 2. The summed E-state index contributed by atoms with van der Waals surface area (Å²) in [5, 5.41) is 5.67. The Bertz CT molecular complexity index is 921. The predicted molar refractivity (Wildman–Crippen MR) is 114 cm³/mol. The van der Waals surface area contributed by atoms with Gasteiger partial charge in [-0.25, -0.2) is 4.39 Å². The van der Waals surface area contributed by atoms with Crippen molar-refractivity contribution in [2.45, 2.75) is 25.4 Å².